The second-order valence-electron chi connectivity index (χ2n) is 6.92. The first kappa shape index (κ1) is 19.4. The molecule has 2 aromatic rings. The summed E-state index contributed by atoms with van der Waals surface area (Å²) in [4.78, 5) is 26.1. The van der Waals surface area contributed by atoms with Crippen LogP contribution in [0, 0.1) is 13.8 Å². The zero-order chi connectivity index (χ0) is 19.6. The number of benzene rings is 1. The molecule has 1 aliphatic carbocycles. The van der Waals surface area contributed by atoms with Crippen LogP contribution in [0.25, 0.3) is 0 Å². The fourth-order valence-corrected chi connectivity index (χ4v) is 4.64. The Morgan fingerprint density at radius 3 is 2.63 bits per heavy atom. The number of carbonyl (C=O) groups is 2. The summed E-state index contributed by atoms with van der Waals surface area (Å²) in [5.41, 5.74) is 3.65. The number of amides is 1. The molecule has 0 bridgehead atoms. The van der Waals surface area contributed by atoms with E-state index in [1.165, 1.54) is 23.3 Å². The topological polar surface area (TPSA) is 64.6 Å². The Morgan fingerprint density at radius 1 is 1.19 bits per heavy atom. The number of aryl methyl sites for hydroxylation is 3. The molecule has 0 saturated carbocycles. The van der Waals surface area contributed by atoms with Gasteiger partial charge in [-0.3, -0.25) is 4.79 Å². The van der Waals surface area contributed by atoms with E-state index in [-0.39, 0.29) is 5.91 Å². The number of nitrogens with one attached hydrogen (secondary N) is 1. The van der Waals surface area contributed by atoms with E-state index < -0.39 is 12.1 Å². The van der Waals surface area contributed by atoms with Gasteiger partial charge in [-0.1, -0.05) is 17.7 Å². The minimum atomic E-state index is -0.684. The van der Waals surface area contributed by atoms with Crippen molar-refractivity contribution in [1.29, 1.82) is 0 Å². The number of fused-ring (bicyclic) bond motifs is 1. The Balaban J connectivity index is 1.79. The zero-order valence-electron chi connectivity index (χ0n) is 16.2. The summed E-state index contributed by atoms with van der Waals surface area (Å²) in [6, 6.07) is 5.84. The minimum Gasteiger partial charge on any atom is -0.481 e. The Morgan fingerprint density at radius 2 is 1.93 bits per heavy atom. The SMILES string of the molecule is COC(=O)c1c(NC(=O)[C@H](C)Oc2ccc(C)cc2C)sc2c1CCCC2. The maximum atomic E-state index is 12.7. The van der Waals surface area contributed by atoms with E-state index in [1.807, 2.05) is 32.0 Å². The van der Waals surface area contributed by atoms with E-state index in [0.29, 0.717) is 16.3 Å². The quantitative estimate of drug-likeness (QED) is 0.771. The number of carbonyl (C=O) groups excluding carboxylic acids is 2. The van der Waals surface area contributed by atoms with E-state index >= 15 is 0 Å². The maximum Gasteiger partial charge on any atom is 0.341 e. The third-order valence-electron chi connectivity index (χ3n) is 4.80. The van der Waals surface area contributed by atoms with Crippen LogP contribution < -0.4 is 10.1 Å². The number of methoxy groups -OCH3 is 1. The lowest BCUT2D eigenvalue weighted by molar-refractivity contribution is -0.122. The molecule has 0 aliphatic heterocycles. The largest absolute Gasteiger partial charge is 0.481 e. The van der Waals surface area contributed by atoms with E-state index in [9.17, 15) is 9.59 Å². The van der Waals surface area contributed by atoms with Crippen molar-refractivity contribution in [2.45, 2.75) is 52.6 Å². The summed E-state index contributed by atoms with van der Waals surface area (Å²) in [5.74, 6) is 0.00768. The molecule has 0 saturated heterocycles. The predicted octanol–water partition coefficient (Wildman–Crippen LogP) is 4.44. The fourth-order valence-electron chi connectivity index (χ4n) is 3.36. The minimum absolute atomic E-state index is 0.279. The third-order valence-corrected chi connectivity index (χ3v) is 6.01. The summed E-state index contributed by atoms with van der Waals surface area (Å²) in [5, 5.41) is 3.45. The zero-order valence-corrected chi connectivity index (χ0v) is 17.0. The van der Waals surface area contributed by atoms with Gasteiger partial charge in [0.05, 0.1) is 12.7 Å². The van der Waals surface area contributed by atoms with Crippen LogP contribution in [0.4, 0.5) is 5.00 Å². The van der Waals surface area contributed by atoms with Crippen molar-refractivity contribution < 1.29 is 19.1 Å². The van der Waals surface area contributed by atoms with Gasteiger partial charge in [0.2, 0.25) is 0 Å². The van der Waals surface area contributed by atoms with Crippen molar-refractivity contribution in [3.05, 3.63) is 45.3 Å². The lowest BCUT2D eigenvalue weighted by Gasteiger charge is -2.16. The molecule has 27 heavy (non-hydrogen) atoms. The van der Waals surface area contributed by atoms with E-state index in [0.717, 1.165) is 42.4 Å². The number of rotatable bonds is 5. The molecule has 1 N–H and O–H groups in total. The van der Waals surface area contributed by atoms with Crippen LogP contribution in [-0.2, 0) is 22.4 Å². The summed E-state index contributed by atoms with van der Waals surface area (Å²) in [6.07, 6.45) is 3.26. The van der Waals surface area contributed by atoms with Gasteiger partial charge < -0.3 is 14.8 Å². The molecule has 6 heteroatoms. The van der Waals surface area contributed by atoms with Crippen molar-refractivity contribution in [1.82, 2.24) is 0 Å². The smallest absolute Gasteiger partial charge is 0.341 e. The first-order chi connectivity index (χ1) is 12.9. The van der Waals surface area contributed by atoms with E-state index in [2.05, 4.69) is 5.32 Å². The summed E-state index contributed by atoms with van der Waals surface area (Å²) in [7, 11) is 1.37. The first-order valence-electron chi connectivity index (χ1n) is 9.18. The summed E-state index contributed by atoms with van der Waals surface area (Å²) < 4.78 is 10.8. The van der Waals surface area contributed by atoms with Crippen LogP contribution in [0.3, 0.4) is 0 Å². The lowest BCUT2D eigenvalue weighted by atomic mass is 9.95. The second-order valence-corrected chi connectivity index (χ2v) is 8.03. The number of hydrogen-bond donors (Lipinski definition) is 1. The Hall–Kier alpha value is -2.34. The normalized spacial score (nSPS) is 14.2. The van der Waals surface area contributed by atoms with Gasteiger partial charge in [0.1, 0.15) is 10.8 Å². The van der Waals surface area contributed by atoms with Gasteiger partial charge in [0, 0.05) is 4.88 Å². The van der Waals surface area contributed by atoms with Crippen LogP contribution >= 0.6 is 11.3 Å². The second kappa shape index (κ2) is 8.13. The van der Waals surface area contributed by atoms with Crippen LogP contribution in [0.15, 0.2) is 18.2 Å². The monoisotopic (exact) mass is 387 g/mol. The van der Waals surface area contributed by atoms with Crippen LogP contribution in [0.1, 0.15) is 51.7 Å². The molecule has 0 fully saturated rings. The summed E-state index contributed by atoms with van der Waals surface area (Å²) >= 11 is 1.47. The number of thiophene rings is 1. The van der Waals surface area contributed by atoms with Crippen LogP contribution in [0.5, 0.6) is 5.75 Å². The van der Waals surface area contributed by atoms with Gasteiger partial charge in [0.15, 0.2) is 6.10 Å². The van der Waals surface area contributed by atoms with E-state index in [4.69, 9.17) is 9.47 Å². The van der Waals surface area contributed by atoms with Gasteiger partial charge in [0.25, 0.3) is 5.91 Å². The molecule has 3 rings (SSSR count). The molecule has 1 aliphatic rings. The lowest BCUT2D eigenvalue weighted by Crippen LogP contribution is -2.30. The van der Waals surface area contributed by atoms with Crippen LogP contribution in [0.2, 0.25) is 0 Å². The Kier molecular flexibility index (Phi) is 5.85. The number of hydrogen-bond acceptors (Lipinski definition) is 5. The molecule has 0 radical (unpaired) electrons. The fraction of sp³-hybridized carbons (Fsp3) is 0.429. The number of esters is 1. The molecule has 1 atom stereocenters. The highest BCUT2D eigenvalue weighted by molar-refractivity contribution is 7.17. The standard InChI is InChI=1S/C21H25NO4S/c1-12-9-10-16(13(2)11-12)26-14(3)19(23)22-20-18(21(24)25-4)15-7-5-6-8-17(15)27-20/h9-11,14H,5-8H2,1-4H3,(H,22,23)/t14-/m0/s1. The molecule has 1 aromatic heterocycles. The van der Waals surface area contributed by atoms with Crippen molar-refractivity contribution >= 4 is 28.2 Å². The maximum absolute atomic E-state index is 12.7. The molecular formula is C21H25NO4S. The summed E-state index contributed by atoms with van der Waals surface area (Å²) in [6.45, 7) is 5.68. The highest BCUT2D eigenvalue weighted by atomic mass is 32.1. The molecule has 0 spiro atoms. The van der Waals surface area contributed by atoms with Crippen molar-refractivity contribution in [2.24, 2.45) is 0 Å². The highest BCUT2D eigenvalue weighted by Gasteiger charge is 2.28. The van der Waals surface area contributed by atoms with Gasteiger partial charge in [-0.15, -0.1) is 11.3 Å². The first-order valence-corrected chi connectivity index (χ1v) is 10.00. The average molecular weight is 388 g/mol. The van der Waals surface area contributed by atoms with Crippen molar-refractivity contribution in [3.8, 4) is 5.75 Å². The van der Waals surface area contributed by atoms with Gasteiger partial charge in [-0.25, -0.2) is 4.79 Å². The van der Waals surface area contributed by atoms with Crippen LogP contribution in [-0.4, -0.2) is 25.1 Å². The van der Waals surface area contributed by atoms with Gasteiger partial charge >= 0.3 is 5.97 Å². The molecular weight excluding hydrogens is 362 g/mol. The predicted molar refractivity (Wildman–Crippen MR) is 107 cm³/mol. The molecule has 144 valence electrons. The average Bonchev–Trinajstić information content (AvgIpc) is 3.01. The van der Waals surface area contributed by atoms with E-state index in [1.54, 1.807) is 6.92 Å². The molecule has 1 amide bonds. The molecule has 0 unspecified atom stereocenters. The third kappa shape index (κ3) is 4.16. The molecule has 1 heterocycles. The van der Waals surface area contributed by atoms with Crippen molar-refractivity contribution in [2.75, 3.05) is 12.4 Å². The van der Waals surface area contributed by atoms with Crippen molar-refractivity contribution in [3.63, 3.8) is 0 Å². The van der Waals surface area contributed by atoms with Gasteiger partial charge in [-0.2, -0.15) is 0 Å². The molecule has 5 nitrogen and oxygen atoms in total. The highest BCUT2D eigenvalue weighted by Crippen LogP contribution is 2.38. The Bertz CT molecular complexity index is 871. The molecule has 1 aromatic carbocycles. The van der Waals surface area contributed by atoms with Gasteiger partial charge in [-0.05, 0) is 63.6 Å². The Labute approximate surface area is 163 Å². The number of ether oxygens (including phenoxy) is 2. The number of anilines is 1.